The Morgan fingerprint density at radius 2 is 2.04 bits per heavy atom. The molecule has 0 amide bonds. The number of rotatable bonds is 6. The van der Waals surface area contributed by atoms with Crippen LogP contribution in [0.2, 0.25) is 0 Å². The van der Waals surface area contributed by atoms with Gasteiger partial charge in [-0.25, -0.2) is 4.31 Å². The first-order valence-corrected chi connectivity index (χ1v) is 10.1. The highest BCUT2D eigenvalue weighted by molar-refractivity contribution is 7.97. The minimum absolute atomic E-state index is 0.495. The summed E-state index contributed by atoms with van der Waals surface area (Å²) in [4.78, 5) is 8.78. The molecule has 1 saturated heterocycles. The summed E-state index contributed by atoms with van der Waals surface area (Å²) in [7, 11) is 0. The maximum absolute atomic E-state index is 4.45. The average Bonchev–Trinajstić information content (AvgIpc) is 2.63. The molecule has 1 aliphatic heterocycles. The lowest BCUT2D eigenvalue weighted by molar-refractivity contribution is 0.310. The Morgan fingerprint density at radius 3 is 2.81 bits per heavy atom. The second-order valence-corrected chi connectivity index (χ2v) is 8.01. The van der Waals surface area contributed by atoms with Gasteiger partial charge in [-0.2, -0.15) is 0 Å². The Labute approximate surface area is 159 Å². The normalized spacial score (nSPS) is 15.2. The summed E-state index contributed by atoms with van der Waals surface area (Å²) in [6.07, 6.45) is 6.99. The first-order chi connectivity index (χ1) is 12.7. The molecule has 0 radical (unpaired) electrons. The number of fused-ring (bicyclic) bond motifs is 1. The third-order valence-electron chi connectivity index (χ3n) is 4.69. The molecule has 134 valence electrons. The SMILES string of the molecule is CCCSN1CC(Nc2cc(-c3ccc(C)nc3)cc3ccncc23)C1. The van der Waals surface area contributed by atoms with Crippen LogP contribution in [0.3, 0.4) is 0 Å². The van der Waals surface area contributed by atoms with Crippen molar-refractivity contribution in [2.24, 2.45) is 0 Å². The number of aromatic nitrogens is 2. The van der Waals surface area contributed by atoms with Crippen LogP contribution in [0.4, 0.5) is 5.69 Å². The minimum Gasteiger partial charge on any atom is -0.379 e. The maximum atomic E-state index is 4.45. The van der Waals surface area contributed by atoms with Crippen molar-refractivity contribution in [3.63, 3.8) is 0 Å². The smallest absolute Gasteiger partial charge is 0.0534 e. The molecule has 0 spiro atoms. The molecule has 2 aromatic heterocycles. The fourth-order valence-corrected chi connectivity index (χ4v) is 4.21. The highest BCUT2D eigenvalue weighted by Gasteiger charge is 2.27. The lowest BCUT2D eigenvalue weighted by atomic mass is 10.0. The lowest BCUT2D eigenvalue weighted by Gasteiger charge is -2.39. The van der Waals surface area contributed by atoms with Crippen LogP contribution >= 0.6 is 11.9 Å². The first-order valence-electron chi connectivity index (χ1n) is 9.18. The molecule has 0 unspecified atom stereocenters. The molecule has 0 aliphatic carbocycles. The quantitative estimate of drug-likeness (QED) is 0.639. The summed E-state index contributed by atoms with van der Waals surface area (Å²) in [6.45, 7) is 6.42. The second-order valence-electron chi connectivity index (χ2n) is 6.83. The van der Waals surface area contributed by atoms with Crippen LogP contribution in [-0.2, 0) is 0 Å². The molecule has 1 aromatic carbocycles. The van der Waals surface area contributed by atoms with Gasteiger partial charge in [0, 0.05) is 59.8 Å². The predicted octanol–water partition coefficient (Wildman–Crippen LogP) is 4.76. The van der Waals surface area contributed by atoms with Crippen molar-refractivity contribution < 1.29 is 0 Å². The van der Waals surface area contributed by atoms with E-state index in [9.17, 15) is 0 Å². The monoisotopic (exact) mass is 364 g/mol. The molecule has 3 heterocycles. The van der Waals surface area contributed by atoms with Gasteiger partial charge >= 0.3 is 0 Å². The summed E-state index contributed by atoms with van der Waals surface area (Å²) in [5, 5.41) is 6.12. The Hall–Kier alpha value is -2.11. The second kappa shape index (κ2) is 7.64. The Kier molecular flexibility index (Phi) is 5.09. The zero-order chi connectivity index (χ0) is 17.9. The zero-order valence-electron chi connectivity index (χ0n) is 15.3. The number of hydrogen-bond donors (Lipinski definition) is 1. The molecular weight excluding hydrogens is 340 g/mol. The van der Waals surface area contributed by atoms with Crippen LogP contribution in [0.15, 0.2) is 48.9 Å². The van der Waals surface area contributed by atoms with Gasteiger partial charge in [0.25, 0.3) is 0 Å². The van der Waals surface area contributed by atoms with Crippen molar-refractivity contribution in [1.82, 2.24) is 14.3 Å². The van der Waals surface area contributed by atoms with E-state index in [-0.39, 0.29) is 0 Å². The van der Waals surface area contributed by atoms with Crippen LogP contribution in [0.25, 0.3) is 21.9 Å². The van der Waals surface area contributed by atoms with Crippen molar-refractivity contribution in [2.45, 2.75) is 26.3 Å². The van der Waals surface area contributed by atoms with Crippen LogP contribution in [-0.4, -0.2) is 39.2 Å². The molecule has 0 saturated carbocycles. The van der Waals surface area contributed by atoms with Crippen LogP contribution in [0, 0.1) is 6.92 Å². The Bertz CT molecular complexity index is 888. The van der Waals surface area contributed by atoms with Gasteiger partial charge in [-0.1, -0.05) is 24.9 Å². The van der Waals surface area contributed by atoms with Gasteiger partial charge in [-0.3, -0.25) is 9.97 Å². The number of anilines is 1. The van der Waals surface area contributed by atoms with Gasteiger partial charge in [-0.15, -0.1) is 0 Å². The summed E-state index contributed by atoms with van der Waals surface area (Å²) in [5.74, 6) is 1.20. The van der Waals surface area contributed by atoms with Gasteiger partial charge < -0.3 is 5.32 Å². The summed E-state index contributed by atoms with van der Waals surface area (Å²) < 4.78 is 2.44. The van der Waals surface area contributed by atoms with Gasteiger partial charge in [0.1, 0.15) is 0 Å². The molecule has 1 aliphatic rings. The Balaban J connectivity index is 1.60. The van der Waals surface area contributed by atoms with Gasteiger partial charge in [0.15, 0.2) is 0 Å². The molecule has 4 rings (SSSR count). The van der Waals surface area contributed by atoms with Gasteiger partial charge in [0.05, 0.1) is 6.04 Å². The largest absolute Gasteiger partial charge is 0.379 e. The summed E-state index contributed by atoms with van der Waals surface area (Å²) in [5.41, 5.74) is 4.54. The average molecular weight is 365 g/mol. The molecule has 4 nitrogen and oxygen atoms in total. The van der Waals surface area contributed by atoms with E-state index < -0.39 is 0 Å². The van der Waals surface area contributed by atoms with E-state index in [0.717, 1.165) is 30.0 Å². The molecule has 0 atom stereocenters. The highest BCUT2D eigenvalue weighted by Crippen LogP contribution is 2.32. The van der Waals surface area contributed by atoms with Crippen LogP contribution in [0.1, 0.15) is 19.0 Å². The summed E-state index contributed by atoms with van der Waals surface area (Å²) in [6, 6.07) is 11.2. The fraction of sp³-hybridized carbons (Fsp3) is 0.333. The molecule has 0 bridgehead atoms. The van der Waals surface area contributed by atoms with Crippen molar-refractivity contribution >= 4 is 28.4 Å². The van der Waals surface area contributed by atoms with Crippen molar-refractivity contribution in [2.75, 3.05) is 24.2 Å². The lowest BCUT2D eigenvalue weighted by Crippen LogP contribution is -2.51. The molecule has 1 N–H and O–H groups in total. The number of nitrogens with zero attached hydrogens (tertiary/aromatic N) is 3. The van der Waals surface area contributed by atoms with E-state index in [1.165, 1.54) is 28.5 Å². The fourth-order valence-electron chi connectivity index (χ4n) is 3.20. The van der Waals surface area contributed by atoms with Crippen molar-refractivity contribution in [3.05, 3.63) is 54.6 Å². The number of nitrogens with one attached hydrogen (secondary N) is 1. The van der Waals surface area contributed by atoms with E-state index in [4.69, 9.17) is 0 Å². The van der Waals surface area contributed by atoms with E-state index in [1.807, 2.05) is 37.5 Å². The van der Waals surface area contributed by atoms with E-state index in [2.05, 4.69) is 56.8 Å². The molecule has 3 aromatic rings. The minimum atomic E-state index is 0.495. The van der Waals surface area contributed by atoms with E-state index in [1.54, 1.807) is 0 Å². The molecule has 1 fully saturated rings. The first kappa shape index (κ1) is 17.3. The van der Waals surface area contributed by atoms with Crippen LogP contribution < -0.4 is 5.32 Å². The van der Waals surface area contributed by atoms with Gasteiger partial charge in [-0.05, 0) is 48.6 Å². The van der Waals surface area contributed by atoms with E-state index in [0.29, 0.717) is 6.04 Å². The molecule has 26 heavy (non-hydrogen) atoms. The number of hydrogen-bond acceptors (Lipinski definition) is 5. The van der Waals surface area contributed by atoms with Crippen molar-refractivity contribution in [3.8, 4) is 11.1 Å². The number of aryl methyl sites for hydroxylation is 1. The maximum Gasteiger partial charge on any atom is 0.0534 e. The standard InChI is InChI=1S/C21H24N4S/c1-3-8-26-25-13-19(14-25)24-21-10-18(17-5-4-15(2)23-11-17)9-16-6-7-22-12-20(16)21/h4-7,9-12,19,24H,3,8,13-14H2,1-2H3. The predicted molar refractivity (Wildman–Crippen MR) is 111 cm³/mol. The molecule has 5 heteroatoms. The van der Waals surface area contributed by atoms with Crippen molar-refractivity contribution in [1.29, 1.82) is 0 Å². The number of pyridine rings is 2. The number of benzene rings is 1. The molecular formula is C21H24N4S. The zero-order valence-corrected chi connectivity index (χ0v) is 16.1. The van der Waals surface area contributed by atoms with E-state index >= 15 is 0 Å². The Morgan fingerprint density at radius 1 is 1.15 bits per heavy atom. The topological polar surface area (TPSA) is 41.0 Å². The summed E-state index contributed by atoms with van der Waals surface area (Å²) >= 11 is 1.96. The highest BCUT2D eigenvalue weighted by atomic mass is 32.2. The van der Waals surface area contributed by atoms with Gasteiger partial charge in [0.2, 0.25) is 0 Å². The van der Waals surface area contributed by atoms with Crippen LogP contribution in [0.5, 0.6) is 0 Å². The third-order valence-corrected chi connectivity index (χ3v) is 5.94. The third kappa shape index (κ3) is 3.69.